The van der Waals surface area contributed by atoms with Crippen LogP contribution >= 0.6 is 11.8 Å². The number of thioether (sulfide) groups is 1. The van der Waals surface area contributed by atoms with Crippen LogP contribution in [0.5, 0.6) is 0 Å². The summed E-state index contributed by atoms with van der Waals surface area (Å²) < 4.78 is 22.4. The second kappa shape index (κ2) is 2.86. The van der Waals surface area contributed by atoms with Gasteiger partial charge in [-0.3, -0.25) is 0 Å². The molecule has 0 saturated heterocycles. The number of sulfone groups is 1. The van der Waals surface area contributed by atoms with E-state index in [1.165, 1.54) is 18.0 Å². The van der Waals surface area contributed by atoms with Crippen molar-refractivity contribution in [3.63, 3.8) is 0 Å². The first-order valence-corrected chi connectivity index (χ1v) is 5.47. The highest BCUT2D eigenvalue weighted by atomic mass is 32.3. The van der Waals surface area contributed by atoms with Crippen molar-refractivity contribution in [1.82, 2.24) is 0 Å². The molecule has 1 aliphatic heterocycles. The van der Waals surface area contributed by atoms with Gasteiger partial charge in [-0.25, -0.2) is 13.4 Å². The van der Waals surface area contributed by atoms with Crippen LogP contribution in [-0.2, 0) is 9.84 Å². The van der Waals surface area contributed by atoms with Crippen molar-refractivity contribution in [2.24, 2.45) is 10.7 Å². The Morgan fingerprint density at radius 1 is 1.73 bits per heavy atom. The maximum Gasteiger partial charge on any atom is 0.246 e. The molecule has 0 aromatic heterocycles. The van der Waals surface area contributed by atoms with Gasteiger partial charge in [0, 0.05) is 0 Å². The molecule has 0 radical (unpaired) electrons. The molecule has 0 aromatic carbocycles. The van der Waals surface area contributed by atoms with E-state index in [2.05, 4.69) is 4.99 Å². The average molecular weight is 192 g/mol. The zero-order valence-corrected chi connectivity index (χ0v) is 7.58. The Bertz CT molecular complexity index is 315. The van der Waals surface area contributed by atoms with Gasteiger partial charge in [-0.2, -0.15) is 0 Å². The maximum absolute atomic E-state index is 11.1. The van der Waals surface area contributed by atoms with Gasteiger partial charge in [-0.1, -0.05) is 18.7 Å². The summed E-state index contributed by atoms with van der Waals surface area (Å²) >= 11 is 1.18. The molecule has 0 fully saturated rings. The van der Waals surface area contributed by atoms with Gasteiger partial charge in [-0.15, -0.1) is 0 Å². The SMILES string of the molecule is CCSC1=NC=C(N)S1(=O)=O. The molecule has 0 atom stereocenters. The number of nitrogens with two attached hydrogens (primary N) is 1. The molecule has 4 nitrogen and oxygen atoms in total. The first-order chi connectivity index (χ1) is 5.09. The van der Waals surface area contributed by atoms with E-state index in [1.807, 2.05) is 6.92 Å². The minimum absolute atomic E-state index is 0.109. The van der Waals surface area contributed by atoms with Crippen LogP contribution in [0.2, 0.25) is 0 Å². The topological polar surface area (TPSA) is 72.5 Å². The predicted octanol–water partition coefficient (Wildman–Crippen LogP) is 0.282. The van der Waals surface area contributed by atoms with Crippen molar-refractivity contribution in [3.8, 4) is 0 Å². The lowest BCUT2D eigenvalue weighted by Gasteiger charge is -1.97. The molecule has 6 heteroatoms. The van der Waals surface area contributed by atoms with Crippen LogP contribution in [0.4, 0.5) is 0 Å². The molecule has 0 bridgehead atoms. The van der Waals surface area contributed by atoms with Gasteiger partial charge in [0.2, 0.25) is 9.84 Å². The van der Waals surface area contributed by atoms with Gasteiger partial charge in [0.05, 0.1) is 6.20 Å². The third-order valence-electron chi connectivity index (χ3n) is 1.11. The Kier molecular flexibility index (Phi) is 2.24. The van der Waals surface area contributed by atoms with Crippen LogP contribution in [0.1, 0.15) is 6.92 Å². The number of aliphatic imine (C=N–C) groups is 1. The fraction of sp³-hybridized carbons (Fsp3) is 0.400. The van der Waals surface area contributed by atoms with Gasteiger partial charge >= 0.3 is 0 Å². The standard InChI is InChI=1S/C5H8N2O2S2/c1-2-10-5-7-3-4(6)11(5,8)9/h3H,2,6H2,1H3. The van der Waals surface area contributed by atoms with E-state index in [1.54, 1.807) is 0 Å². The summed E-state index contributed by atoms with van der Waals surface area (Å²) in [6, 6.07) is 0. The fourth-order valence-corrected chi connectivity index (χ4v) is 2.82. The molecule has 1 aliphatic rings. The van der Waals surface area contributed by atoms with Crippen LogP contribution in [-0.4, -0.2) is 18.5 Å². The molecule has 2 N–H and O–H groups in total. The molecule has 0 aromatic rings. The average Bonchev–Trinajstić information content (AvgIpc) is 2.16. The molecule has 0 saturated carbocycles. The number of nitrogens with zero attached hydrogens (tertiary/aromatic N) is 1. The van der Waals surface area contributed by atoms with Gasteiger partial charge in [0.15, 0.2) is 9.40 Å². The highest BCUT2D eigenvalue weighted by Crippen LogP contribution is 2.20. The molecule has 1 rings (SSSR count). The predicted molar refractivity (Wildman–Crippen MR) is 46.8 cm³/mol. The van der Waals surface area contributed by atoms with Crippen molar-refractivity contribution in [1.29, 1.82) is 0 Å². The summed E-state index contributed by atoms with van der Waals surface area (Å²) in [4.78, 5) is 3.66. The largest absolute Gasteiger partial charge is 0.388 e. The van der Waals surface area contributed by atoms with E-state index < -0.39 is 9.84 Å². The van der Waals surface area contributed by atoms with Crippen molar-refractivity contribution in [3.05, 3.63) is 11.2 Å². The Balaban J connectivity index is 2.93. The van der Waals surface area contributed by atoms with Crippen LogP contribution in [0, 0.1) is 0 Å². The van der Waals surface area contributed by atoms with E-state index in [-0.39, 0.29) is 9.40 Å². The van der Waals surface area contributed by atoms with Crippen molar-refractivity contribution < 1.29 is 8.42 Å². The molecule has 62 valence electrons. The summed E-state index contributed by atoms with van der Waals surface area (Å²) in [5, 5.41) is -0.159. The van der Waals surface area contributed by atoms with Crippen molar-refractivity contribution in [2.45, 2.75) is 6.92 Å². The van der Waals surface area contributed by atoms with Crippen LogP contribution in [0.25, 0.3) is 0 Å². The van der Waals surface area contributed by atoms with E-state index in [4.69, 9.17) is 5.73 Å². The zero-order valence-electron chi connectivity index (χ0n) is 5.94. The molecule has 0 unspecified atom stereocenters. The van der Waals surface area contributed by atoms with Gasteiger partial charge in [-0.05, 0) is 5.75 Å². The van der Waals surface area contributed by atoms with E-state index in [0.29, 0.717) is 5.75 Å². The monoisotopic (exact) mass is 192 g/mol. The number of hydrogen-bond donors (Lipinski definition) is 1. The van der Waals surface area contributed by atoms with Crippen molar-refractivity contribution >= 4 is 26.0 Å². The van der Waals surface area contributed by atoms with E-state index in [0.717, 1.165) is 0 Å². The number of hydrogen-bond acceptors (Lipinski definition) is 5. The number of rotatable bonds is 1. The lowest BCUT2D eigenvalue weighted by atomic mass is 10.9. The molecular formula is C5H8N2O2S2. The molecular weight excluding hydrogens is 184 g/mol. The van der Waals surface area contributed by atoms with Gasteiger partial charge < -0.3 is 5.73 Å². The second-order valence-electron chi connectivity index (χ2n) is 1.86. The summed E-state index contributed by atoms with van der Waals surface area (Å²) in [5.74, 6) is 0.680. The third kappa shape index (κ3) is 1.41. The summed E-state index contributed by atoms with van der Waals surface area (Å²) in [7, 11) is -3.38. The Labute approximate surface area is 69.5 Å². The molecule has 0 aliphatic carbocycles. The van der Waals surface area contributed by atoms with E-state index >= 15 is 0 Å². The van der Waals surface area contributed by atoms with Crippen molar-refractivity contribution in [2.75, 3.05) is 5.75 Å². The summed E-state index contributed by atoms with van der Waals surface area (Å²) in [6.07, 6.45) is 1.17. The molecule has 1 heterocycles. The highest BCUT2D eigenvalue weighted by Gasteiger charge is 2.26. The lowest BCUT2D eigenvalue weighted by molar-refractivity contribution is 0.613. The van der Waals surface area contributed by atoms with Crippen LogP contribution in [0.3, 0.4) is 0 Å². The minimum Gasteiger partial charge on any atom is -0.388 e. The normalized spacial score (nSPS) is 21.2. The molecule has 0 amide bonds. The Hall–Kier alpha value is -0.490. The van der Waals surface area contributed by atoms with Crippen LogP contribution < -0.4 is 5.73 Å². The Morgan fingerprint density at radius 2 is 2.36 bits per heavy atom. The highest BCUT2D eigenvalue weighted by molar-refractivity contribution is 8.36. The summed E-state index contributed by atoms with van der Waals surface area (Å²) in [6.45, 7) is 1.86. The van der Waals surface area contributed by atoms with Gasteiger partial charge in [0.25, 0.3) is 0 Å². The first kappa shape index (κ1) is 8.61. The zero-order chi connectivity index (χ0) is 8.48. The molecule has 11 heavy (non-hydrogen) atoms. The smallest absolute Gasteiger partial charge is 0.246 e. The second-order valence-corrected chi connectivity index (χ2v) is 5.24. The van der Waals surface area contributed by atoms with E-state index in [9.17, 15) is 8.42 Å². The third-order valence-corrected chi connectivity index (χ3v) is 4.05. The molecule has 0 spiro atoms. The minimum atomic E-state index is -3.38. The first-order valence-electron chi connectivity index (χ1n) is 3.00. The quantitative estimate of drug-likeness (QED) is 0.647. The fourth-order valence-electron chi connectivity index (χ4n) is 0.594. The van der Waals surface area contributed by atoms with Gasteiger partial charge in [0.1, 0.15) is 0 Å². The lowest BCUT2D eigenvalue weighted by Crippen LogP contribution is -2.15. The maximum atomic E-state index is 11.1. The summed E-state index contributed by atoms with van der Waals surface area (Å²) in [5.41, 5.74) is 5.18. The van der Waals surface area contributed by atoms with Crippen LogP contribution in [0.15, 0.2) is 16.2 Å². The Morgan fingerprint density at radius 3 is 2.73 bits per heavy atom.